The number of carbonyl (C=O) groups is 1. The summed E-state index contributed by atoms with van der Waals surface area (Å²) < 4.78 is 0. The lowest BCUT2D eigenvalue weighted by Crippen LogP contribution is -2.12. The van der Waals surface area contributed by atoms with Gasteiger partial charge in [0.15, 0.2) is 0 Å². The highest BCUT2D eigenvalue weighted by Gasteiger charge is 2.16. The lowest BCUT2D eigenvalue weighted by Gasteiger charge is -2.15. The molecule has 4 N–H and O–H groups in total. The number of phenols is 1. The van der Waals surface area contributed by atoms with E-state index < -0.39 is 5.97 Å². The van der Waals surface area contributed by atoms with E-state index in [-0.39, 0.29) is 29.8 Å². The number of aromatic hydroxyl groups is 1. The van der Waals surface area contributed by atoms with Crippen molar-refractivity contribution in [2.75, 3.05) is 0 Å². The molecular formula is C13H18ClNO3. The van der Waals surface area contributed by atoms with Gasteiger partial charge >= 0.3 is 5.97 Å². The van der Waals surface area contributed by atoms with Crippen molar-refractivity contribution in [1.29, 1.82) is 0 Å². The van der Waals surface area contributed by atoms with Crippen molar-refractivity contribution in [2.24, 2.45) is 5.73 Å². The van der Waals surface area contributed by atoms with Crippen molar-refractivity contribution in [1.82, 2.24) is 0 Å². The Bertz CT molecular complexity index is 446. The maximum absolute atomic E-state index is 10.9. The van der Waals surface area contributed by atoms with Crippen LogP contribution in [0.15, 0.2) is 24.8 Å². The summed E-state index contributed by atoms with van der Waals surface area (Å²) >= 11 is 0. The Morgan fingerprint density at radius 1 is 1.56 bits per heavy atom. The van der Waals surface area contributed by atoms with E-state index in [1.54, 1.807) is 13.0 Å². The first kappa shape index (κ1) is 16.5. The number of carboxylic acid groups (broad SMARTS) is 1. The summed E-state index contributed by atoms with van der Waals surface area (Å²) in [6.07, 6.45) is 3.08. The Morgan fingerprint density at radius 3 is 2.67 bits per heavy atom. The van der Waals surface area contributed by atoms with E-state index >= 15 is 0 Å². The van der Waals surface area contributed by atoms with Crippen LogP contribution in [0.5, 0.6) is 5.75 Å². The molecule has 0 radical (unpaired) electrons. The summed E-state index contributed by atoms with van der Waals surface area (Å²) in [6.45, 7) is 5.26. The van der Waals surface area contributed by atoms with Crippen LogP contribution >= 0.6 is 12.4 Å². The normalized spacial score (nSPS) is 11.4. The van der Waals surface area contributed by atoms with Gasteiger partial charge in [-0.05, 0) is 37.5 Å². The first-order valence-corrected chi connectivity index (χ1v) is 5.40. The molecule has 18 heavy (non-hydrogen) atoms. The number of aryl methyl sites for hydroxylation is 1. The molecule has 0 fully saturated rings. The third kappa shape index (κ3) is 3.75. The second-order valence-electron chi connectivity index (χ2n) is 4.01. The van der Waals surface area contributed by atoms with E-state index in [9.17, 15) is 9.90 Å². The molecule has 0 aromatic heterocycles. The summed E-state index contributed by atoms with van der Waals surface area (Å²) in [5.41, 5.74) is 7.06. The molecule has 0 bridgehead atoms. The fourth-order valence-corrected chi connectivity index (χ4v) is 1.67. The number of hydrogen-bond donors (Lipinski definition) is 3. The highest BCUT2D eigenvalue weighted by molar-refractivity contribution is 5.88. The van der Waals surface area contributed by atoms with Gasteiger partial charge in [0.25, 0.3) is 0 Å². The second kappa shape index (κ2) is 7.03. The van der Waals surface area contributed by atoms with Crippen LogP contribution in [0, 0.1) is 6.92 Å². The van der Waals surface area contributed by atoms with Crippen molar-refractivity contribution in [2.45, 2.75) is 25.8 Å². The first-order valence-electron chi connectivity index (χ1n) is 5.40. The Labute approximate surface area is 113 Å². The topological polar surface area (TPSA) is 83.6 Å². The van der Waals surface area contributed by atoms with Crippen LogP contribution in [0.25, 0.3) is 0 Å². The van der Waals surface area contributed by atoms with Crippen LogP contribution in [0.3, 0.4) is 0 Å². The SMILES string of the molecule is C=CCC[C@@H](N)c1cc(C(=O)O)cc(C)c1O.Cl. The second-order valence-corrected chi connectivity index (χ2v) is 4.01. The van der Waals surface area contributed by atoms with Crippen LogP contribution in [0.1, 0.15) is 40.4 Å². The number of phenolic OH excluding ortho intramolecular Hbond substituents is 1. The van der Waals surface area contributed by atoms with Crippen LogP contribution in [0.2, 0.25) is 0 Å². The fraction of sp³-hybridized carbons (Fsp3) is 0.308. The highest BCUT2D eigenvalue weighted by atomic mass is 35.5. The molecule has 1 rings (SSSR count). The predicted molar refractivity (Wildman–Crippen MR) is 73.4 cm³/mol. The van der Waals surface area contributed by atoms with Crippen molar-refractivity contribution in [3.63, 3.8) is 0 Å². The van der Waals surface area contributed by atoms with Crippen LogP contribution in [-0.2, 0) is 0 Å². The Hall–Kier alpha value is -1.52. The zero-order valence-electron chi connectivity index (χ0n) is 10.2. The standard InChI is InChI=1S/C13H17NO3.ClH/c1-3-4-5-11(14)10-7-9(13(16)17)6-8(2)12(10)15;/h3,6-7,11,15H,1,4-5,14H2,2H3,(H,16,17);1H/t11-;/m1./s1. The number of aromatic carboxylic acids is 1. The maximum atomic E-state index is 10.9. The molecule has 0 amide bonds. The number of carboxylic acids is 1. The summed E-state index contributed by atoms with van der Waals surface area (Å²) in [4.78, 5) is 10.9. The fourth-order valence-electron chi connectivity index (χ4n) is 1.67. The highest BCUT2D eigenvalue weighted by Crippen LogP contribution is 2.30. The molecule has 0 spiro atoms. The first-order chi connectivity index (χ1) is 7.97. The summed E-state index contributed by atoms with van der Waals surface area (Å²) in [5, 5.41) is 18.8. The number of rotatable bonds is 5. The summed E-state index contributed by atoms with van der Waals surface area (Å²) in [7, 11) is 0. The molecular weight excluding hydrogens is 254 g/mol. The van der Waals surface area contributed by atoms with Gasteiger partial charge in [-0.1, -0.05) is 6.08 Å². The van der Waals surface area contributed by atoms with Gasteiger partial charge in [-0.3, -0.25) is 0 Å². The largest absolute Gasteiger partial charge is 0.507 e. The van der Waals surface area contributed by atoms with Crippen molar-refractivity contribution >= 4 is 18.4 Å². The Morgan fingerprint density at radius 2 is 2.17 bits per heavy atom. The molecule has 5 heteroatoms. The lowest BCUT2D eigenvalue weighted by molar-refractivity contribution is 0.0696. The number of benzene rings is 1. The van der Waals surface area contributed by atoms with E-state index in [0.717, 1.165) is 6.42 Å². The van der Waals surface area contributed by atoms with Crippen molar-refractivity contribution in [3.8, 4) is 5.75 Å². The van der Waals surface area contributed by atoms with E-state index in [2.05, 4.69) is 6.58 Å². The van der Waals surface area contributed by atoms with Gasteiger partial charge in [-0.15, -0.1) is 19.0 Å². The molecule has 1 atom stereocenters. The van der Waals surface area contributed by atoms with Gasteiger partial charge in [-0.25, -0.2) is 4.79 Å². The smallest absolute Gasteiger partial charge is 0.335 e. The molecule has 0 heterocycles. The van der Waals surface area contributed by atoms with Crippen molar-refractivity contribution < 1.29 is 15.0 Å². The number of halogens is 1. The average molecular weight is 272 g/mol. The van der Waals surface area contributed by atoms with Gasteiger partial charge in [0.2, 0.25) is 0 Å². The van der Waals surface area contributed by atoms with E-state index in [0.29, 0.717) is 17.5 Å². The van der Waals surface area contributed by atoms with Gasteiger partial charge in [0.1, 0.15) is 5.75 Å². The number of allylic oxidation sites excluding steroid dienone is 1. The quantitative estimate of drug-likeness (QED) is 0.719. The molecule has 0 aliphatic rings. The molecule has 0 saturated heterocycles. The molecule has 0 aliphatic carbocycles. The minimum atomic E-state index is -1.02. The van der Waals surface area contributed by atoms with Gasteiger partial charge < -0.3 is 15.9 Å². The Balaban J connectivity index is 0.00000289. The third-order valence-electron chi connectivity index (χ3n) is 2.66. The Kier molecular flexibility index (Phi) is 6.44. The van der Waals surface area contributed by atoms with Gasteiger partial charge in [0, 0.05) is 11.6 Å². The van der Waals surface area contributed by atoms with Crippen molar-refractivity contribution in [3.05, 3.63) is 41.5 Å². The van der Waals surface area contributed by atoms with Crippen LogP contribution in [-0.4, -0.2) is 16.2 Å². The van der Waals surface area contributed by atoms with E-state index in [1.807, 2.05) is 0 Å². The van der Waals surface area contributed by atoms with Crippen LogP contribution < -0.4 is 5.73 Å². The lowest BCUT2D eigenvalue weighted by atomic mass is 9.97. The number of hydrogen-bond acceptors (Lipinski definition) is 3. The number of nitrogens with two attached hydrogens (primary N) is 1. The molecule has 0 saturated carbocycles. The molecule has 1 aromatic rings. The molecule has 0 unspecified atom stereocenters. The minimum Gasteiger partial charge on any atom is -0.507 e. The monoisotopic (exact) mass is 271 g/mol. The van der Waals surface area contributed by atoms with Gasteiger partial charge in [0.05, 0.1) is 5.56 Å². The third-order valence-corrected chi connectivity index (χ3v) is 2.66. The molecule has 0 aliphatic heterocycles. The van der Waals surface area contributed by atoms with E-state index in [4.69, 9.17) is 10.8 Å². The zero-order chi connectivity index (χ0) is 13.0. The molecule has 1 aromatic carbocycles. The average Bonchev–Trinajstić information content (AvgIpc) is 2.29. The van der Waals surface area contributed by atoms with Gasteiger partial charge in [-0.2, -0.15) is 0 Å². The molecule has 100 valence electrons. The molecule has 4 nitrogen and oxygen atoms in total. The van der Waals surface area contributed by atoms with E-state index in [1.165, 1.54) is 12.1 Å². The predicted octanol–water partition coefficient (Wildman–Crippen LogP) is 2.79. The van der Waals surface area contributed by atoms with Crippen LogP contribution in [0.4, 0.5) is 0 Å². The minimum absolute atomic E-state index is 0. The zero-order valence-corrected chi connectivity index (χ0v) is 11.0. The maximum Gasteiger partial charge on any atom is 0.335 e. The summed E-state index contributed by atoms with van der Waals surface area (Å²) in [6, 6.07) is 2.48. The summed E-state index contributed by atoms with van der Waals surface area (Å²) in [5.74, 6) is -0.947.